The second kappa shape index (κ2) is 11.4. The normalized spacial score (nSPS) is 10.0. The third-order valence-corrected chi connectivity index (χ3v) is 3.54. The Bertz CT molecular complexity index is 493. The Labute approximate surface area is 147 Å². The van der Waals surface area contributed by atoms with Crippen molar-refractivity contribution < 1.29 is 24.2 Å². The van der Waals surface area contributed by atoms with Gasteiger partial charge in [-0.25, -0.2) is 0 Å². The van der Waals surface area contributed by atoms with Gasteiger partial charge in [0, 0.05) is 19.5 Å². The van der Waals surface area contributed by atoms with Crippen LogP contribution < -0.4 is 4.74 Å². The van der Waals surface area contributed by atoms with Gasteiger partial charge in [0.2, 0.25) is 0 Å². The number of ether oxygens (including phenoxy) is 1. The third kappa shape index (κ3) is 6.75. The van der Waals surface area contributed by atoms with E-state index < -0.39 is 0 Å². The second-order valence-corrected chi connectivity index (χ2v) is 5.31. The standard InChI is InChI=1S/C20H25O.Zn/c1-2-3-4-5-6-10-17-21-20-15-13-19(14-16-20)18-11-8-7-9-12-18;/h5,7-9,11-16H,2-4,6,10,17H2,1H3;/q-1;. The molecule has 0 fully saturated rings. The summed E-state index contributed by atoms with van der Waals surface area (Å²) in [6.45, 7) is 3.03. The molecule has 0 aliphatic carbocycles. The van der Waals surface area contributed by atoms with Gasteiger partial charge in [-0.1, -0.05) is 62.2 Å². The molecule has 0 N–H and O–H groups in total. The van der Waals surface area contributed by atoms with Gasteiger partial charge in [0.1, 0.15) is 5.75 Å². The van der Waals surface area contributed by atoms with Gasteiger partial charge in [-0.2, -0.15) is 12.8 Å². The Morgan fingerprint density at radius 2 is 1.45 bits per heavy atom. The van der Waals surface area contributed by atoms with Crippen LogP contribution in [0.5, 0.6) is 5.75 Å². The molecule has 2 rings (SSSR count). The molecule has 2 aromatic carbocycles. The first-order valence-corrected chi connectivity index (χ1v) is 8.00. The Morgan fingerprint density at radius 3 is 2.14 bits per heavy atom. The van der Waals surface area contributed by atoms with Crippen molar-refractivity contribution in [3.8, 4) is 16.9 Å². The number of hydrogen-bond acceptors (Lipinski definition) is 1. The molecule has 0 bridgehead atoms. The van der Waals surface area contributed by atoms with Gasteiger partial charge >= 0.3 is 0 Å². The molecule has 0 spiro atoms. The molecule has 114 valence electrons. The topological polar surface area (TPSA) is 9.23 Å². The quantitative estimate of drug-likeness (QED) is 0.312. The molecule has 1 nitrogen and oxygen atoms in total. The van der Waals surface area contributed by atoms with Crippen LogP contribution in [0.3, 0.4) is 0 Å². The van der Waals surface area contributed by atoms with Gasteiger partial charge in [0.15, 0.2) is 0 Å². The van der Waals surface area contributed by atoms with Crippen LogP contribution in [0, 0.1) is 6.42 Å². The summed E-state index contributed by atoms with van der Waals surface area (Å²) in [7, 11) is 0. The van der Waals surface area contributed by atoms with Crippen molar-refractivity contribution >= 4 is 0 Å². The summed E-state index contributed by atoms with van der Waals surface area (Å²) in [5.41, 5.74) is 2.48. The van der Waals surface area contributed by atoms with Crippen molar-refractivity contribution in [2.45, 2.75) is 39.0 Å². The Morgan fingerprint density at radius 1 is 0.818 bits per heavy atom. The van der Waals surface area contributed by atoms with Crippen molar-refractivity contribution in [3.05, 3.63) is 61.0 Å². The van der Waals surface area contributed by atoms with Crippen LogP contribution >= 0.6 is 0 Å². The Hall–Kier alpha value is -1.14. The summed E-state index contributed by atoms with van der Waals surface area (Å²) < 4.78 is 5.78. The molecule has 0 saturated heterocycles. The van der Waals surface area contributed by atoms with E-state index in [2.05, 4.69) is 61.9 Å². The smallest absolute Gasteiger partial charge is 0.119 e. The molecule has 0 unspecified atom stereocenters. The molecule has 0 aliphatic rings. The summed E-state index contributed by atoms with van der Waals surface area (Å²) in [5.74, 6) is 0.961. The molecular weight excluding hydrogens is 322 g/mol. The minimum atomic E-state index is 0. The fraction of sp³-hybridized carbons (Fsp3) is 0.350. The van der Waals surface area contributed by atoms with E-state index in [0.29, 0.717) is 0 Å². The number of unbranched alkanes of at least 4 members (excludes halogenated alkanes) is 5. The van der Waals surface area contributed by atoms with Gasteiger partial charge in [0.05, 0.1) is 6.61 Å². The van der Waals surface area contributed by atoms with E-state index in [1.54, 1.807) is 0 Å². The summed E-state index contributed by atoms with van der Waals surface area (Å²) in [6.07, 6.45) is 8.46. The maximum absolute atomic E-state index is 5.78. The molecule has 22 heavy (non-hydrogen) atoms. The van der Waals surface area contributed by atoms with E-state index in [9.17, 15) is 0 Å². The SMILES string of the molecule is CCCC[CH-]CCCOc1ccc(-c2ccccc2)cc1.[Zn]. The molecule has 0 saturated carbocycles. The van der Waals surface area contributed by atoms with Gasteiger partial charge in [-0.15, -0.1) is 0 Å². The first kappa shape index (κ1) is 18.9. The molecule has 0 aromatic heterocycles. The fourth-order valence-corrected chi connectivity index (χ4v) is 2.28. The first-order chi connectivity index (χ1) is 10.4. The second-order valence-electron chi connectivity index (χ2n) is 5.31. The van der Waals surface area contributed by atoms with Crippen molar-refractivity contribution in [1.82, 2.24) is 0 Å². The summed E-state index contributed by atoms with van der Waals surface area (Å²) in [6, 6.07) is 18.8. The molecule has 0 radical (unpaired) electrons. The number of rotatable bonds is 9. The number of hydrogen-bond donors (Lipinski definition) is 0. The molecule has 0 amide bonds. The van der Waals surface area contributed by atoms with E-state index >= 15 is 0 Å². The summed E-state index contributed by atoms with van der Waals surface area (Å²) in [5, 5.41) is 0. The minimum absolute atomic E-state index is 0. The zero-order chi connectivity index (χ0) is 14.8. The zero-order valence-electron chi connectivity index (χ0n) is 13.6. The maximum atomic E-state index is 5.78. The van der Waals surface area contributed by atoms with E-state index in [0.717, 1.165) is 25.2 Å². The van der Waals surface area contributed by atoms with Crippen LogP contribution in [0.15, 0.2) is 54.6 Å². The summed E-state index contributed by atoms with van der Waals surface area (Å²) in [4.78, 5) is 0. The van der Waals surface area contributed by atoms with Gasteiger partial charge < -0.3 is 11.2 Å². The maximum Gasteiger partial charge on any atom is 0.119 e. The predicted octanol–water partition coefficient (Wildman–Crippen LogP) is 5.90. The predicted molar refractivity (Wildman–Crippen MR) is 90.4 cm³/mol. The molecule has 0 aliphatic heterocycles. The number of benzene rings is 2. The van der Waals surface area contributed by atoms with Crippen LogP contribution in [0.25, 0.3) is 11.1 Å². The van der Waals surface area contributed by atoms with Crippen LogP contribution in [-0.4, -0.2) is 6.61 Å². The van der Waals surface area contributed by atoms with Crippen molar-refractivity contribution in [2.24, 2.45) is 0 Å². The largest absolute Gasteiger partial charge is 0.494 e. The molecule has 2 aromatic rings. The Balaban J connectivity index is 0.00000242. The average Bonchev–Trinajstić information content (AvgIpc) is 2.55. The van der Waals surface area contributed by atoms with Crippen LogP contribution in [-0.2, 0) is 19.5 Å². The molecule has 0 atom stereocenters. The van der Waals surface area contributed by atoms with Gasteiger partial charge in [-0.3, -0.25) is 0 Å². The van der Waals surface area contributed by atoms with E-state index in [-0.39, 0.29) is 19.5 Å². The minimum Gasteiger partial charge on any atom is -0.494 e. The fourth-order valence-electron chi connectivity index (χ4n) is 2.28. The van der Waals surface area contributed by atoms with Crippen molar-refractivity contribution in [3.63, 3.8) is 0 Å². The van der Waals surface area contributed by atoms with Crippen LogP contribution in [0.1, 0.15) is 39.0 Å². The Kier molecular flexibility index (Phi) is 9.83. The third-order valence-electron chi connectivity index (χ3n) is 3.54. The van der Waals surface area contributed by atoms with Crippen molar-refractivity contribution in [1.29, 1.82) is 0 Å². The van der Waals surface area contributed by atoms with Crippen LogP contribution in [0.2, 0.25) is 0 Å². The van der Waals surface area contributed by atoms with E-state index in [1.807, 2.05) is 6.07 Å². The van der Waals surface area contributed by atoms with Crippen molar-refractivity contribution in [2.75, 3.05) is 6.61 Å². The monoisotopic (exact) mass is 345 g/mol. The first-order valence-electron chi connectivity index (χ1n) is 8.00. The zero-order valence-corrected chi connectivity index (χ0v) is 16.6. The van der Waals surface area contributed by atoms with Gasteiger partial charge in [-0.05, 0) is 29.7 Å². The average molecular weight is 347 g/mol. The molecule has 0 heterocycles. The van der Waals surface area contributed by atoms with E-state index in [4.69, 9.17) is 4.74 Å². The summed E-state index contributed by atoms with van der Waals surface area (Å²) >= 11 is 0. The molecule has 2 heteroatoms. The van der Waals surface area contributed by atoms with Crippen LogP contribution in [0.4, 0.5) is 0 Å². The van der Waals surface area contributed by atoms with E-state index in [1.165, 1.54) is 30.4 Å². The molecular formula is C20H25OZn-. The van der Waals surface area contributed by atoms with Gasteiger partial charge in [0.25, 0.3) is 0 Å².